The van der Waals surface area contributed by atoms with Crippen LogP contribution in [0.25, 0.3) is 0 Å². The zero-order chi connectivity index (χ0) is 17.4. The summed E-state index contributed by atoms with van der Waals surface area (Å²) in [5.74, 6) is 0.544. The van der Waals surface area contributed by atoms with Crippen molar-refractivity contribution in [2.75, 3.05) is 19.7 Å². The first-order valence-corrected chi connectivity index (χ1v) is 9.07. The highest BCUT2D eigenvalue weighted by molar-refractivity contribution is 6.31. The van der Waals surface area contributed by atoms with Gasteiger partial charge in [-0.05, 0) is 55.5 Å². The molecule has 0 N–H and O–H groups in total. The summed E-state index contributed by atoms with van der Waals surface area (Å²) in [5, 5.41) is 0.615. The van der Waals surface area contributed by atoms with Gasteiger partial charge in [0.05, 0.1) is 12.3 Å². The average molecular weight is 362 g/mol. The minimum absolute atomic E-state index is 0.246. The third-order valence-corrected chi connectivity index (χ3v) is 5.60. The second kappa shape index (κ2) is 6.63. The lowest BCUT2D eigenvalue weighted by Gasteiger charge is -2.44. The molecule has 0 unspecified atom stereocenters. The Labute approximate surface area is 152 Å². The van der Waals surface area contributed by atoms with Gasteiger partial charge in [0.1, 0.15) is 17.2 Å². The molecule has 0 amide bonds. The molecular formula is C19H21ClFN3O. The largest absolute Gasteiger partial charge is 0.368 e. The quantitative estimate of drug-likeness (QED) is 0.818. The highest BCUT2D eigenvalue weighted by atomic mass is 35.5. The lowest BCUT2D eigenvalue weighted by Crippen LogP contribution is -2.47. The van der Waals surface area contributed by atoms with Crippen molar-refractivity contribution in [3.63, 3.8) is 0 Å². The molecule has 4 nitrogen and oxygen atoms in total. The van der Waals surface area contributed by atoms with Crippen LogP contribution in [0, 0.1) is 12.7 Å². The number of halogens is 2. The molecule has 0 aliphatic carbocycles. The molecule has 4 rings (SSSR count). The van der Waals surface area contributed by atoms with E-state index < -0.39 is 0 Å². The molecule has 6 heteroatoms. The summed E-state index contributed by atoms with van der Waals surface area (Å²) in [5.41, 5.74) is 2.80. The molecule has 2 aliphatic heterocycles. The fourth-order valence-corrected chi connectivity index (χ4v) is 4.03. The van der Waals surface area contributed by atoms with Crippen LogP contribution in [0.15, 0.2) is 24.4 Å². The maximum Gasteiger partial charge on any atom is 0.125 e. The number of likely N-dealkylation sites (tertiary alicyclic amines) is 1. The molecule has 1 aromatic heterocycles. The first-order chi connectivity index (χ1) is 12.1. The van der Waals surface area contributed by atoms with Gasteiger partial charge in [0.15, 0.2) is 0 Å². The van der Waals surface area contributed by atoms with Gasteiger partial charge in [-0.2, -0.15) is 0 Å². The maximum atomic E-state index is 13.5. The number of hydrogen-bond acceptors (Lipinski definition) is 4. The van der Waals surface area contributed by atoms with Gasteiger partial charge in [0, 0.05) is 30.9 Å². The van der Waals surface area contributed by atoms with Crippen molar-refractivity contribution in [2.24, 2.45) is 0 Å². The Hall–Kier alpha value is -1.56. The van der Waals surface area contributed by atoms with E-state index in [0.29, 0.717) is 11.6 Å². The number of aryl methyl sites for hydroxylation is 1. The molecule has 1 aromatic carbocycles. The summed E-state index contributed by atoms with van der Waals surface area (Å²) in [6.07, 6.45) is 4.58. The van der Waals surface area contributed by atoms with E-state index in [2.05, 4.69) is 9.88 Å². The van der Waals surface area contributed by atoms with Crippen LogP contribution < -0.4 is 0 Å². The fourth-order valence-electron chi connectivity index (χ4n) is 3.86. The summed E-state index contributed by atoms with van der Waals surface area (Å²) in [4.78, 5) is 11.3. The van der Waals surface area contributed by atoms with Crippen molar-refractivity contribution in [3.05, 3.63) is 57.9 Å². The van der Waals surface area contributed by atoms with Crippen LogP contribution in [0.3, 0.4) is 0 Å². The van der Waals surface area contributed by atoms with Gasteiger partial charge in [0.2, 0.25) is 0 Å². The lowest BCUT2D eigenvalue weighted by molar-refractivity contribution is -0.102. The molecule has 25 heavy (non-hydrogen) atoms. The molecule has 2 aliphatic rings. The Morgan fingerprint density at radius 2 is 2.12 bits per heavy atom. The number of nitrogens with zero attached hydrogens (tertiary/aromatic N) is 3. The first-order valence-electron chi connectivity index (χ1n) is 8.69. The van der Waals surface area contributed by atoms with Crippen LogP contribution in [0.5, 0.6) is 0 Å². The normalized spacial score (nSPS) is 19.8. The summed E-state index contributed by atoms with van der Waals surface area (Å²) in [6, 6.07) is 4.54. The number of aromatic nitrogens is 2. The molecule has 3 heterocycles. The zero-order valence-electron chi connectivity index (χ0n) is 14.3. The number of piperidine rings is 1. The van der Waals surface area contributed by atoms with Crippen LogP contribution >= 0.6 is 11.6 Å². The van der Waals surface area contributed by atoms with Crippen LogP contribution in [0.2, 0.25) is 5.02 Å². The molecule has 0 radical (unpaired) electrons. The minimum atomic E-state index is -0.302. The molecule has 0 atom stereocenters. The first kappa shape index (κ1) is 16.9. The lowest BCUT2D eigenvalue weighted by atomic mass is 9.83. The van der Waals surface area contributed by atoms with Crippen molar-refractivity contribution in [3.8, 4) is 0 Å². The highest BCUT2D eigenvalue weighted by Gasteiger charge is 2.42. The van der Waals surface area contributed by atoms with E-state index in [4.69, 9.17) is 21.3 Å². The summed E-state index contributed by atoms with van der Waals surface area (Å²) in [6.45, 7) is 5.03. The van der Waals surface area contributed by atoms with E-state index in [-0.39, 0.29) is 11.4 Å². The Morgan fingerprint density at radius 1 is 1.32 bits per heavy atom. The van der Waals surface area contributed by atoms with E-state index in [1.807, 2.05) is 13.1 Å². The number of rotatable bonds is 2. The van der Waals surface area contributed by atoms with Gasteiger partial charge in [-0.3, -0.25) is 4.90 Å². The summed E-state index contributed by atoms with van der Waals surface area (Å²) >= 11 is 6.21. The highest BCUT2D eigenvalue weighted by Crippen LogP contribution is 2.40. The predicted molar refractivity (Wildman–Crippen MR) is 94.0 cm³/mol. The third-order valence-electron chi connectivity index (χ3n) is 5.23. The van der Waals surface area contributed by atoms with E-state index in [9.17, 15) is 4.39 Å². The second-order valence-corrected chi connectivity index (χ2v) is 7.30. The SMILES string of the molecule is Cc1ncc2c(n1)C1(CCN(Cc3cc(F)ccc3Cl)CC1)OCC2. The summed E-state index contributed by atoms with van der Waals surface area (Å²) in [7, 11) is 0. The third kappa shape index (κ3) is 3.28. The van der Waals surface area contributed by atoms with Crippen LogP contribution in [0.1, 0.15) is 35.5 Å². The minimum Gasteiger partial charge on any atom is -0.368 e. The molecular weight excluding hydrogens is 341 g/mol. The summed E-state index contributed by atoms with van der Waals surface area (Å²) < 4.78 is 19.7. The van der Waals surface area contributed by atoms with Crippen molar-refractivity contribution < 1.29 is 9.13 Å². The second-order valence-electron chi connectivity index (χ2n) is 6.90. The van der Waals surface area contributed by atoms with Crippen molar-refractivity contribution >= 4 is 11.6 Å². The molecule has 132 valence electrons. The molecule has 2 aromatic rings. The van der Waals surface area contributed by atoms with E-state index >= 15 is 0 Å². The number of benzene rings is 1. The Kier molecular flexibility index (Phi) is 4.48. The maximum absolute atomic E-state index is 13.5. The van der Waals surface area contributed by atoms with E-state index in [1.165, 1.54) is 17.7 Å². The molecule has 1 saturated heterocycles. The van der Waals surface area contributed by atoms with Gasteiger partial charge < -0.3 is 4.74 Å². The van der Waals surface area contributed by atoms with Crippen LogP contribution in [-0.2, 0) is 23.3 Å². The van der Waals surface area contributed by atoms with E-state index in [0.717, 1.165) is 56.0 Å². The smallest absolute Gasteiger partial charge is 0.125 e. The Bertz CT molecular complexity index is 790. The predicted octanol–water partition coefficient (Wildman–Crippen LogP) is 3.64. The number of ether oxygens (including phenoxy) is 1. The average Bonchev–Trinajstić information content (AvgIpc) is 2.61. The zero-order valence-corrected chi connectivity index (χ0v) is 15.0. The van der Waals surface area contributed by atoms with Crippen molar-refractivity contribution in [1.29, 1.82) is 0 Å². The fraction of sp³-hybridized carbons (Fsp3) is 0.474. The Morgan fingerprint density at radius 3 is 2.92 bits per heavy atom. The molecule has 0 saturated carbocycles. The number of hydrogen-bond donors (Lipinski definition) is 0. The van der Waals surface area contributed by atoms with Crippen molar-refractivity contribution in [1.82, 2.24) is 14.9 Å². The van der Waals surface area contributed by atoms with Crippen LogP contribution in [-0.4, -0.2) is 34.6 Å². The molecule has 1 spiro atoms. The molecule has 0 bridgehead atoms. The monoisotopic (exact) mass is 361 g/mol. The van der Waals surface area contributed by atoms with Gasteiger partial charge >= 0.3 is 0 Å². The van der Waals surface area contributed by atoms with Gasteiger partial charge in [-0.1, -0.05) is 11.6 Å². The van der Waals surface area contributed by atoms with Crippen molar-refractivity contribution in [2.45, 2.75) is 38.3 Å². The van der Waals surface area contributed by atoms with Gasteiger partial charge in [0.25, 0.3) is 0 Å². The topological polar surface area (TPSA) is 38.2 Å². The van der Waals surface area contributed by atoms with Crippen LogP contribution in [0.4, 0.5) is 4.39 Å². The molecule has 1 fully saturated rings. The number of fused-ring (bicyclic) bond motifs is 2. The van der Waals surface area contributed by atoms with Gasteiger partial charge in [-0.15, -0.1) is 0 Å². The Balaban J connectivity index is 1.51. The standard InChI is InChI=1S/C19H21ClFN3O/c1-13-22-11-14-4-9-25-19(18(14)23-13)5-7-24(8-6-19)12-15-10-16(21)2-3-17(15)20/h2-3,10-11H,4-9,12H2,1H3. The van der Waals surface area contributed by atoms with E-state index in [1.54, 1.807) is 6.07 Å². The van der Waals surface area contributed by atoms with Gasteiger partial charge in [-0.25, -0.2) is 14.4 Å².